The average Bonchev–Trinajstić information content (AvgIpc) is 2.74. The van der Waals surface area contributed by atoms with E-state index >= 15 is 0 Å². The SMILES string of the molecule is NC(=O)c1c(C2CCCC2)ccc(N)c1F. The van der Waals surface area contributed by atoms with Gasteiger partial charge in [0.1, 0.15) is 0 Å². The number of hydrogen-bond donors (Lipinski definition) is 2. The zero-order chi connectivity index (χ0) is 11.7. The van der Waals surface area contributed by atoms with Gasteiger partial charge in [-0.3, -0.25) is 4.79 Å². The number of hydrogen-bond acceptors (Lipinski definition) is 2. The summed E-state index contributed by atoms with van der Waals surface area (Å²) in [4.78, 5) is 11.3. The van der Waals surface area contributed by atoms with Gasteiger partial charge in [0, 0.05) is 0 Å². The predicted molar refractivity (Wildman–Crippen MR) is 60.5 cm³/mol. The first-order valence-corrected chi connectivity index (χ1v) is 5.49. The predicted octanol–water partition coefficient (Wildman–Crippen LogP) is 2.16. The van der Waals surface area contributed by atoms with E-state index in [9.17, 15) is 9.18 Å². The maximum absolute atomic E-state index is 13.7. The van der Waals surface area contributed by atoms with E-state index in [0.717, 1.165) is 31.2 Å². The highest BCUT2D eigenvalue weighted by Crippen LogP contribution is 2.37. The molecule has 0 heterocycles. The third kappa shape index (κ3) is 1.75. The highest BCUT2D eigenvalue weighted by molar-refractivity contribution is 5.95. The van der Waals surface area contributed by atoms with Crippen LogP contribution in [0.25, 0.3) is 0 Å². The molecule has 16 heavy (non-hydrogen) atoms. The third-order valence-electron chi connectivity index (χ3n) is 3.25. The van der Waals surface area contributed by atoms with Gasteiger partial charge in [-0.2, -0.15) is 0 Å². The van der Waals surface area contributed by atoms with E-state index in [2.05, 4.69) is 0 Å². The highest BCUT2D eigenvalue weighted by Gasteiger charge is 2.25. The van der Waals surface area contributed by atoms with Crippen molar-refractivity contribution in [3.05, 3.63) is 29.1 Å². The fourth-order valence-corrected chi connectivity index (χ4v) is 2.43. The monoisotopic (exact) mass is 222 g/mol. The summed E-state index contributed by atoms with van der Waals surface area (Å²) in [6, 6.07) is 3.24. The number of benzene rings is 1. The van der Waals surface area contributed by atoms with Gasteiger partial charge in [0.15, 0.2) is 5.82 Å². The highest BCUT2D eigenvalue weighted by atomic mass is 19.1. The van der Waals surface area contributed by atoms with E-state index in [1.54, 1.807) is 6.07 Å². The molecule has 1 aromatic carbocycles. The lowest BCUT2D eigenvalue weighted by Crippen LogP contribution is -2.18. The van der Waals surface area contributed by atoms with Gasteiger partial charge in [-0.05, 0) is 30.4 Å². The van der Waals surface area contributed by atoms with Crippen molar-refractivity contribution in [2.45, 2.75) is 31.6 Å². The molecule has 0 spiro atoms. The van der Waals surface area contributed by atoms with Crippen molar-refractivity contribution >= 4 is 11.6 Å². The molecule has 0 unspecified atom stereocenters. The van der Waals surface area contributed by atoms with Crippen LogP contribution in [0.3, 0.4) is 0 Å². The van der Waals surface area contributed by atoms with E-state index in [-0.39, 0.29) is 17.2 Å². The fraction of sp³-hybridized carbons (Fsp3) is 0.417. The van der Waals surface area contributed by atoms with Gasteiger partial charge in [-0.1, -0.05) is 18.9 Å². The van der Waals surface area contributed by atoms with Crippen LogP contribution >= 0.6 is 0 Å². The Balaban J connectivity index is 2.51. The lowest BCUT2D eigenvalue weighted by atomic mass is 9.92. The minimum Gasteiger partial charge on any atom is -0.396 e. The van der Waals surface area contributed by atoms with Crippen molar-refractivity contribution in [2.75, 3.05) is 5.73 Å². The number of halogens is 1. The Morgan fingerprint density at radius 1 is 1.31 bits per heavy atom. The lowest BCUT2D eigenvalue weighted by Gasteiger charge is -2.14. The number of rotatable bonds is 2. The molecular formula is C12H15FN2O. The molecule has 1 aliphatic carbocycles. The van der Waals surface area contributed by atoms with Crippen molar-refractivity contribution in [3.8, 4) is 0 Å². The quantitative estimate of drug-likeness (QED) is 0.753. The minimum atomic E-state index is -0.730. The second kappa shape index (κ2) is 4.12. The molecular weight excluding hydrogens is 207 g/mol. The van der Waals surface area contributed by atoms with Crippen LogP contribution in [0.5, 0.6) is 0 Å². The van der Waals surface area contributed by atoms with Crippen LogP contribution in [0.15, 0.2) is 12.1 Å². The summed E-state index contributed by atoms with van der Waals surface area (Å²) in [5, 5.41) is 0. The summed E-state index contributed by atoms with van der Waals surface area (Å²) < 4.78 is 13.7. The molecule has 4 heteroatoms. The molecule has 1 amide bonds. The van der Waals surface area contributed by atoms with Crippen LogP contribution in [0, 0.1) is 5.82 Å². The molecule has 1 aliphatic rings. The van der Waals surface area contributed by atoms with Crippen LogP contribution < -0.4 is 11.5 Å². The number of carbonyl (C=O) groups is 1. The van der Waals surface area contributed by atoms with E-state index < -0.39 is 11.7 Å². The molecule has 0 saturated heterocycles. The van der Waals surface area contributed by atoms with Gasteiger partial charge in [-0.15, -0.1) is 0 Å². The Hall–Kier alpha value is -1.58. The zero-order valence-corrected chi connectivity index (χ0v) is 9.00. The van der Waals surface area contributed by atoms with Crippen LogP contribution in [0.1, 0.15) is 47.5 Å². The fourth-order valence-electron chi connectivity index (χ4n) is 2.43. The van der Waals surface area contributed by atoms with Crippen molar-refractivity contribution in [3.63, 3.8) is 0 Å². The molecule has 0 aliphatic heterocycles. The molecule has 2 rings (SSSR count). The molecule has 0 radical (unpaired) electrons. The largest absolute Gasteiger partial charge is 0.396 e. The molecule has 86 valence electrons. The number of nitrogens with two attached hydrogens (primary N) is 2. The van der Waals surface area contributed by atoms with Crippen LogP contribution in [0.4, 0.5) is 10.1 Å². The van der Waals surface area contributed by atoms with E-state index in [0.29, 0.717) is 0 Å². The van der Waals surface area contributed by atoms with Gasteiger partial charge >= 0.3 is 0 Å². The maximum Gasteiger partial charge on any atom is 0.252 e. The summed E-state index contributed by atoms with van der Waals surface area (Å²) in [5.41, 5.74) is 11.3. The molecule has 1 saturated carbocycles. The molecule has 3 nitrogen and oxygen atoms in total. The molecule has 0 atom stereocenters. The van der Waals surface area contributed by atoms with Crippen LogP contribution in [0.2, 0.25) is 0 Å². The molecule has 4 N–H and O–H groups in total. The van der Waals surface area contributed by atoms with Crippen molar-refractivity contribution < 1.29 is 9.18 Å². The topological polar surface area (TPSA) is 69.1 Å². The first-order chi connectivity index (χ1) is 7.61. The Morgan fingerprint density at radius 3 is 2.50 bits per heavy atom. The van der Waals surface area contributed by atoms with Crippen LogP contribution in [-0.2, 0) is 0 Å². The van der Waals surface area contributed by atoms with Gasteiger partial charge in [0.05, 0.1) is 11.3 Å². The smallest absolute Gasteiger partial charge is 0.252 e. The van der Waals surface area contributed by atoms with Crippen molar-refractivity contribution in [1.82, 2.24) is 0 Å². The van der Waals surface area contributed by atoms with E-state index in [1.807, 2.05) is 0 Å². The zero-order valence-electron chi connectivity index (χ0n) is 9.00. The number of anilines is 1. The van der Waals surface area contributed by atoms with Gasteiger partial charge in [0.2, 0.25) is 0 Å². The minimum absolute atomic E-state index is 0.0180. The number of nitrogen functional groups attached to an aromatic ring is 1. The second-order valence-corrected chi connectivity index (χ2v) is 4.28. The number of carbonyl (C=O) groups excluding carboxylic acids is 1. The summed E-state index contributed by atoms with van der Waals surface area (Å²) in [6.07, 6.45) is 4.22. The average molecular weight is 222 g/mol. The Bertz CT molecular complexity index is 425. The Kier molecular flexibility index (Phi) is 2.81. The normalized spacial score (nSPS) is 16.6. The summed E-state index contributed by atoms with van der Waals surface area (Å²) in [6.45, 7) is 0. The molecule has 0 aromatic heterocycles. The Labute approximate surface area is 93.6 Å². The van der Waals surface area contributed by atoms with Crippen LogP contribution in [-0.4, -0.2) is 5.91 Å². The van der Waals surface area contributed by atoms with Gasteiger partial charge < -0.3 is 11.5 Å². The van der Waals surface area contributed by atoms with Gasteiger partial charge in [-0.25, -0.2) is 4.39 Å². The van der Waals surface area contributed by atoms with E-state index in [4.69, 9.17) is 11.5 Å². The molecule has 1 fully saturated rings. The summed E-state index contributed by atoms with van der Waals surface area (Å²) in [5.74, 6) is -1.15. The first-order valence-electron chi connectivity index (χ1n) is 5.49. The van der Waals surface area contributed by atoms with Crippen molar-refractivity contribution in [2.24, 2.45) is 5.73 Å². The third-order valence-corrected chi connectivity index (χ3v) is 3.25. The molecule has 1 aromatic rings. The Morgan fingerprint density at radius 2 is 1.94 bits per heavy atom. The maximum atomic E-state index is 13.7. The van der Waals surface area contributed by atoms with Gasteiger partial charge in [0.25, 0.3) is 5.91 Å². The standard InChI is InChI=1S/C12H15FN2O/c13-11-9(14)6-5-8(10(11)12(15)16)7-3-1-2-4-7/h5-7H,1-4,14H2,(H2,15,16). The lowest BCUT2D eigenvalue weighted by molar-refractivity contribution is 0.0995. The number of primary amides is 1. The molecule has 0 bridgehead atoms. The summed E-state index contributed by atoms with van der Waals surface area (Å²) >= 11 is 0. The van der Waals surface area contributed by atoms with Crippen molar-refractivity contribution in [1.29, 1.82) is 0 Å². The summed E-state index contributed by atoms with van der Waals surface area (Å²) in [7, 11) is 0. The van der Waals surface area contributed by atoms with E-state index in [1.165, 1.54) is 6.07 Å². The first kappa shape index (κ1) is 10.9. The number of amides is 1. The second-order valence-electron chi connectivity index (χ2n) is 4.28.